The van der Waals surface area contributed by atoms with E-state index < -0.39 is 5.91 Å². The van der Waals surface area contributed by atoms with E-state index in [9.17, 15) is 14.4 Å². The minimum atomic E-state index is -0.402. The fourth-order valence-electron chi connectivity index (χ4n) is 2.01. The minimum Gasteiger partial charge on any atom is -0.355 e. The SMILES string of the molecule is CNC(=O)c1cccc(C=CC(=O)NCCCCCC(=O)NO)c1. The van der Waals surface area contributed by atoms with Crippen LogP contribution in [0.15, 0.2) is 30.3 Å². The maximum absolute atomic E-state index is 11.7. The summed E-state index contributed by atoms with van der Waals surface area (Å²) < 4.78 is 0. The first-order valence-corrected chi connectivity index (χ1v) is 7.78. The molecule has 0 bridgehead atoms. The van der Waals surface area contributed by atoms with Crippen molar-refractivity contribution in [3.63, 3.8) is 0 Å². The van der Waals surface area contributed by atoms with Gasteiger partial charge in [-0.1, -0.05) is 18.6 Å². The molecule has 0 unspecified atom stereocenters. The molecular formula is C17H23N3O4. The first-order chi connectivity index (χ1) is 11.6. The Labute approximate surface area is 141 Å². The van der Waals surface area contributed by atoms with Crippen LogP contribution < -0.4 is 16.1 Å². The monoisotopic (exact) mass is 333 g/mol. The summed E-state index contributed by atoms with van der Waals surface area (Å²) in [5.41, 5.74) is 2.88. The molecule has 7 nitrogen and oxygen atoms in total. The van der Waals surface area contributed by atoms with Gasteiger partial charge in [0.05, 0.1) is 0 Å². The van der Waals surface area contributed by atoms with Crippen LogP contribution in [0.4, 0.5) is 0 Å². The number of hydrogen-bond acceptors (Lipinski definition) is 4. The third-order valence-electron chi connectivity index (χ3n) is 3.31. The summed E-state index contributed by atoms with van der Waals surface area (Å²) in [6, 6.07) is 6.97. The number of benzene rings is 1. The van der Waals surface area contributed by atoms with E-state index in [-0.39, 0.29) is 18.2 Å². The molecule has 1 aromatic rings. The molecule has 0 saturated carbocycles. The highest BCUT2D eigenvalue weighted by Gasteiger charge is 2.02. The first kappa shape index (κ1) is 19.4. The average molecular weight is 333 g/mol. The summed E-state index contributed by atoms with van der Waals surface area (Å²) in [5, 5.41) is 13.6. The second-order valence-electron chi connectivity index (χ2n) is 5.17. The number of carbonyl (C=O) groups is 3. The lowest BCUT2D eigenvalue weighted by atomic mass is 10.1. The van der Waals surface area contributed by atoms with Gasteiger partial charge in [0.1, 0.15) is 0 Å². The summed E-state index contributed by atoms with van der Waals surface area (Å²) in [6.45, 7) is 0.516. The van der Waals surface area contributed by atoms with Gasteiger partial charge in [-0.15, -0.1) is 0 Å². The van der Waals surface area contributed by atoms with Crippen LogP contribution in [0, 0.1) is 0 Å². The van der Waals surface area contributed by atoms with Crippen molar-refractivity contribution in [2.75, 3.05) is 13.6 Å². The number of rotatable bonds is 9. The van der Waals surface area contributed by atoms with Crippen molar-refractivity contribution in [1.82, 2.24) is 16.1 Å². The highest BCUT2D eigenvalue weighted by atomic mass is 16.5. The van der Waals surface area contributed by atoms with Gasteiger partial charge in [0.2, 0.25) is 11.8 Å². The van der Waals surface area contributed by atoms with E-state index in [1.54, 1.807) is 36.8 Å². The molecule has 24 heavy (non-hydrogen) atoms. The fourth-order valence-corrected chi connectivity index (χ4v) is 2.01. The van der Waals surface area contributed by atoms with E-state index in [2.05, 4.69) is 10.6 Å². The molecule has 4 N–H and O–H groups in total. The number of hydroxylamine groups is 1. The van der Waals surface area contributed by atoms with Crippen LogP contribution in [0.25, 0.3) is 6.08 Å². The van der Waals surface area contributed by atoms with E-state index in [1.165, 1.54) is 6.08 Å². The van der Waals surface area contributed by atoms with Gasteiger partial charge in [-0.2, -0.15) is 0 Å². The summed E-state index contributed by atoms with van der Waals surface area (Å²) in [5.74, 6) is -0.793. The maximum atomic E-state index is 11.7. The summed E-state index contributed by atoms with van der Waals surface area (Å²) in [6.07, 6.45) is 5.53. The quantitative estimate of drug-likeness (QED) is 0.236. The van der Waals surface area contributed by atoms with Crippen LogP contribution in [0.3, 0.4) is 0 Å². The standard InChI is InChI=1S/C17H23N3O4/c1-18-17(23)14-7-5-6-13(12-14)9-10-15(21)19-11-4-2-3-8-16(22)20-24/h5-7,9-10,12,24H,2-4,8,11H2,1H3,(H,18,23)(H,19,21)(H,20,22). The molecule has 3 amide bonds. The minimum absolute atomic E-state index is 0.176. The molecule has 130 valence electrons. The van der Waals surface area contributed by atoms with E-state index in [1.807, 2.05) is 6.07 Å². The Hall–Kier alpha value is -2.67. The van der Waals surface area contributed by atoms with Crippen molar-refractivity contribution < 1.29 is 19.6 Å². The van der Waals surface area contributed by atoms with Gasteiger partial charge in [-0.05, 0) is 36.6 Å². The molecular weight excluding hydrogens is 310 g/mol. The normalized spacial score (nSPS) is 10.4. The molecule has 1 aromatic carbocycles. The molecule has 1 rings (SSSR count). The predicted molar refractivity (Wildman–Crippen MR) is 90.3 cm³/mol. The van der Waals surface area contributed by atoms with Gasteiger partial charge in [0, 0.05) is 31.7 Å². The van der Waals surface area contributed by atoms with Crippen LogP contribution in [-0.4, -0.2) is 36.5 Å². The van der Waals surface area contributed by atoms with Crippen LogP contribution in [0.1, 0.15) is 41.6 Å². The number of carbonyl (C=O) groups excluding carboxylic acids is 3. The number of unbranched alkanes of at least 4 members (excludes halogenated alkanes) is 2. The number of amides is 3. The average Bonchev–Trinajstić information content (AvgIpc) is 2.62. The zero-order valence-corrected chi connectivity index (χ0v) is 13.7. The predicted octanol–water partition coefficient (Wildman–Crippen LogP) is 1.24. The Kier molecular flexibility index (Phi) is 8.85. The van der Waals surface area contributed by atoms with Gasteiger partial charge in [-0.3, -0.25) is 19.6 Å². The second-order valence-corrected chi connectivity index (χ2v) is 5.17. The summed E-state index contributed by atoms with van der Waals surface area (Å²) >= 11 is 0. The molecule has 0 aliphatic carbocycles. The smallest absolute Gasteiger partial charge is 0.251 e. The van der Waals surface area contributed by atoms with E-state index >= 15 is 0 Å². The fraction of sp³-hybridized carbons (Fsp3) is 0.353. The zero-order valence-electron chi connectivity index (χ0n) is 13.7. The molecule has 0 heterocycles. The molecule has 0 spiro atoms. The van der Waals surface area contributed by atoms with E-state index in [0.717, 1.165) is 18.4 Å². The summed E-state index contributed by atoms with van der Waals surface area (Å²) in [4.78, 5) is 34.0. The number of hydrogen-bond donors (Lipinski definition) is 4. The topological polar surface area (TPSA) is 108 Å². The van der Waals surface area contributed by atoms with Crippen molar-refractivity contribution in [3.05, 3.63) is 41.5 Å². The second kappa shape index (κ2) is 11.0. The lowest BCUT2D eigenvalue weighted by Crippen LogP contribution is -2.22. The Balaban J connectivity index is 2.31. The van der Waals surface area contributed by atoms with Gasteiger partial charge in [0.15, 0.2) is 0 Å². The van der Waals surface area contributed by atoms with Crippen molar-refractivity contribution in [1.29, 1.82) is 0 Å². The zero-order chi connectivity index (χ0) is 17.8. The van der Waals surface area contributed by atoms with Crippen molar-refractivity contribution in [3.8, 4) is 0 Å². The molecule has 0 atom stereocenters. The highest BCUT2D eigenvalue weighted by Crippen LogP contribution is 2.07. The largest absolute Gasteiger partial charge is 0.355 e. The van der Waals surface area contributed by atoms with Gasteiger partial charge in [-0.25, -0.2) is 5.48 Å². The van der Waals surface area contributed by atoms with Crippen molar-refractivity contribution in [2.24, 2.45) is 0 Å². The van der Waals surface area contributed by atoms with Crippen LogP contribution in [-0.2, 0) is 9.59 Å². The number of nitrogens with one attached hydrogen (secondary N) is 3. The van der Waals surface area contributed by atoms with Gasteiger partial charge >= 0.3 is 0 Å². The van der Waals surface area contributed by atoms with Crippen molar-refractivity contribution in [2.45, 2.75) is 25.7 Å². The molecule has 0 aliphatic rings. The Morgan fingerprint density at radius 3 is 2.67 bits per heavy atom. The van der Waals surface area contributed by atoms with E-state index in [0.29, 0.717) is 18.5 Å². The van der Waals surface area contributed by atoms with Crippen LogP contribution in [0.2, 0.25) is 0 Å². The Morgan fingerprint density at radius 2 is 1.96 bits per heavy atom. The lowest BCUT2D eigenvalue weighted by molar-refractivity contribution is -0.129. The van der Waals surface area contributed by atoms with Gasteiger partial charge < -0.3 is 10.6 Å². The maximum Gasteiger partial charge on any atom is 0.251 e. The first-order valence-electron chi connectivity index (χ1n) is 7.78. The molecule has 0 aromatic heterocycles. The van der Waals surface area contributed by atoms with Crippen LogP contribution in [0.5, 0.6) is 0 Å². The lowest BCUT2D eigenvalue weighted by Gasteiger charge is -2.03. The van der Waals surface area contributed by atoms with Gasteiger partial charge in [0.25, 0.3) is 5.91 Å². The van der Waals surface area contributed by atoms with Crippen molar-refractivity contribution >= 4 is 23.8 Å². The Morgan fingerprint density at radius 1 is 1.17 bits per heavy atom. The molecule has 7 heteroatoms. The molecule has 0 radical (unpaired) electrons. The third-order valence-corrected chi connectivity index (χ3v) is 3.31. The summed E-state index contributed by atoms with van der Waals surface area (Å²) in [7, 11) is 1.56. The third kappa shape index (κ3) is 7.55. The Bertz CT molecular complexity index is 599. The highest BCUT2D eigenvalue weighted by molar-refractivity contribution is 5.95. The molecule has 0 aliphatic heterocycles. The molecule has 0 fully saturated rings. The molecule has 0 saturated heterocycles. The van der Waals surface area contributed by atoms with E-state index in [4.69, 9.17) is 5.21 Å². The van der Waals surface area contributed by atoms with Crippen LogP contribution >= 0.6 is 0 Å².